The van der Waals surface area contributed by atoms with Crippen molar-refractivity contribution in [3.8, 4) is 0 Å². The number of hydrogen-bond donors (Lipinski definition) is 1. The van der Waals surface area contributed by atoms with E-state index in [2.05, 4.69) is 38.2 Å². The Kier molecular flexibility index (Phi) is 4.54. The van der Waals surface area contributed by atoms with Crippen molar-refractivity contribution in [1.29, 1.82) is 0 Å². The standard InChI is InChI=1S/C16H24ClNO/c1-15(2,3)18-12-16(7-9-19-10-8-16)13-5-4-6-14(17)11-13/h4-6,11,18H,7-10,12H2,1-3H3. The van der Waals surface area contributed by atoms with Gasteiger partial charge in [-0.05, 0) is 51.3 Å². The van der Waals surface area contributed by atoms with Crippen molar-refractivity contribution in [2.24, 2.45) is 0 Å². The molecule has 0 aliphatic carbocycles. The van der Waals surface area contributed by atoms with E-state index in [1.807, 2.05) is 12.1 Å². The van der Waals surface area contributed by atoms with Crippen LogP contribution in [0.4, 0.5) is 0 Å². The van der Waals surface area contributed by atoms with Gasteiger partial charge in [-0.2, -0.15) is 0 Å². The molecule has 2 nitrogen and oxygen atoms in total. The summed E-state index contributed by atoms with van der Waals surface area (Å²) in [5.74, 6) is 0. The van der Waals surface area contributed by atoms with Gasteiger partial charge >= 0.3 is 0 Å². The van der Waals surface area contributed by atoms with Gasteiger partial charge in [0.1, 0.15) is 0 Å². The van der Waals surface area contributed by atoms with Gasteiger partial charge in [-0.25, -0.2) is 0 Å². The molecule has 0 bridgehead atoms. The number of benzene rings is 1. The summed E-state index contributed by atoms with van der Waals surface area (Å²) in [5.41, 5.74) is 1.61. The van der Waals surface area contributed by atoms with E-state index in [-0.39, 0.29) is 11.0 Å². The number of halogens is 1. The lowest BCUT2D eigenvalue weighted by Crippen LogP contribution is -2.48. The molecule has 1 fully saturated rings. The minimum Gasteiger partial charge on any atom is -0.381 e. The van der Waals surface area contributed by atoms with Crippen LogP contribution in [-0.2, 0) is 10.2 Å². The van der Waals surface area contributed by atoms with Gasteiger partial charge in [0.25, 0.3) is 0 Å². The molecular formula is C16H24ClNO. The first-order valence-electron chi connectivity index (χ1n) is 7.00. The molecule has 0 radical (unpaired) electrons. The van der Waals surface area contributed by atoms with Gasteiger partial charge in [0.05, 0.1) is 0 Å². The second-order valence-electron chi connectivity index (χ2n) is 6.51. The van der Waals surface area contributed by atoms with Crippen molar-refractivity contribution in [3.05, 3.63) is 34.9 Å². The molecule has 3 heteroatoms. The van der Waals surface area contributed by atoms with Crippen molar-refractivity contribution >= 4 is 11.6 Å². The molecule has 106 valence electrons. The van der Waals surface area contributed by atoms with Gasteiger partial charge in [-0.3, -0.25) is 0 Å². The van der Waals surface area contributed by atoms with Crippen LogP contribution in [-0.4, -0.2) is 25.3 Å². The number of ether oxygens (including phenoxy) is 1. The van der Waals surface area contributed by atoms with E-state index in [1.165, 1.54) is 5.56 Å². The Labute approximate surface area is 121 Å². The molecule has 1 N–H and O–H groups in total. The Bertz CT molecular complexity index is 419. The van der Waals surface area contributed by atoms with Crippen LogP contribution < -0.4 is 5.32 Å². The fourth-order valence-electron chi connectivity index (χ4n) is 2.58. The van der Waals surface area contributed by atoms with Crippen molar-refractivity contribution in [3.63, 3.8) is 0 Å². The SMILES string of the molecule is CC(C)(C)NCC1(c2cccc(Cl)c2)CCOCC1. The van der Waals surface area contributed by atoms with E-state index >= 15 is 0 Å². The summed E-state index contributed by atoms with van der Waals surface area (Å²) in [6.07, 6.45) is 2.10. The smallest absolute Gasteiger partial charge is 0.0475 e. The molecule has 1 aromatic carbocycles. The lowest BCUT2D eigenvalue weighted by atomic mass is 9.73. The largest absolute Gasteiger partial charge is 0.381 e. The molecule has 2 rings (SSSR count). The monoisotopic (exact) mass is 281 g/mol. The van der Waals surface area contributed by atoms with Crippen LogP contribution in [0, 0.1) is 0 Å². The van der Waals surface area contributed by atoms with Gasteiger partial charge in [-0.1, -0.05) is 23.7 Å². The van der Waals surface area contributed by atoms with Crippen LogP contribution in [0.25, 0.3) is 0 Å². The van der Waals surface area contributed by atoms with Crippen LogP contribution in [0.2, 0.25) is 5.02 Å². The van der Waals surface area contributed by atoms with Gasteiger partial charge in [0.2, 0.25) is 0 Å². The molecule has 0 spiro atoms. The van der Waals surface area contributed by atoms with E-state index in [4.69, 9.17) is 16.3 Å². The molecule has 0 amide bonds. The van der Waals surface area contributed by atoms with Crippen LogP contribution in [0.5, 0.6) is 0 Å². The fraction of sp³-hybridized carbons (Fsp3) is 0.625. The van der Waals surface area contributed by atoms with Gasteiger partial charge in [0, 0.05) is 35.7 Å². The van der Waals surface area contributed by atoms with Crippen LogP contribution >= 0.6 is 11.6 Å². The van der Waals surface area contributed by atoms with E-state index in [0.29, 0.717) is 0 Å². The zero-order chi connectivity index (χ0) is 13.9. The predicted molar refractivity (Wildman–Crippen MR) is 80.9 cm³/mol. The Morgan fingerprint density at radius 2 is 1.95 bits per heavy atom. The molecule has 19 heavy (non-hydrogen) atoms. The quantitative estimate of drug-likeness (QED) is 0.910. The summed E-state index contributed by atoms with van der Waals surface area (Å²) in [4.78, 5) is 0. The number of hydrogen-bond acceptors (Lipinski definition) is 2. The van der Waals surface area contributed by atoms with Crippen LogP contribution in [0.1, 0.15) is 39.2 Å². The Balaban J connectivity index is 2.24. The third-order valence-corrected chi connectivity index (χ3v) is 4.08. The third-order valence-electron chi connectivity index (χ3n) is 3.84. The first-order chi connectivity index (χ1) is 8.91. The minimum atomic E-state index is 0.129. The average molecular weight is 282 g/mol. The number of rotatable bonds is 3. The average Bonchev–Trinajstić information content (AvgIpc) is 2.37. The van der Waals surface area contributed by atoms with Crippen molar-refractivity contribution in [1.82, 2.24) is 5.32 Å². The highest BCUT2D eigenvalue weighted by molar-refractivity contribution is 6.30. The summed E-state index contributed by atoms with van der Waals surface area (Å²) in [5, 5.41) is 4.47. The topological polar surface area (TPSA) is 21.3 Å². The molecule has 1 aliphatic heterocycles. The molecule has 0 aromatic heterocycles. The highest BCUT2D eigenvalue weighted by atomic mass is 35.5. The van der Waals surface area contributed by atoms with Crippen LogP contribution in [0.15, 0.2) is 24.3 Å². The molecule has 0 atom stereocenters. The summed E-state index contributed by atoms with van der Waals surface area (Å²) in [6.45, 7) is 9.25. The zero-order valence-electron chi connectivity index (χ0n) is 12.1. The Hall–Kier alpha value is -0.570. The lowest BCUT2D eigenvalue weighted by Gasteiger charge is -2.40. The summed E-state index contributed by atoms with van der Waals surface area (Å²) < 4.78 is 5.55. The molecule has 0 saturated carbocycles. The minimum absolute atomic E-state index is 0.129. The van der Waals surface area contributed by atoms with Crippen molar-refractivity contribution in [2.75, 3.05) is 19.8 Å². The van der Waals surface area contributed by atoms with Gasteiger partial charge in [0.15, 0.2) is 0 Å². The maximum absolute atomic E-state index is 6.16. The normalized spacial score (nSPS) is 19.4. The van der Waals surface area contributed by atoms with Crippen LogP contribution in [0.3, 0.4) is 0 Å². The molecule has 1 saturated heterocycles. The highest BCUT2D eigenvalue weighted by Crippen LogP contribution is 2.35. The maximum Gasteiger partial charge on any atom is 0.0475 e. The second kappa shape index (κ2) is 5.82. The van der Waals surface area contributed by atoms with Gasteiger partial charge in [-0.15, -0.1) is 0 Å². The zero-order valence-corrected chi connectivity index (χ0v) is 12.9. The first kappa shape index (κ1) is 14.8. The van der Waals surface area contributed by atoms with E-state index in [9.17, 15) is 0 Å². The van der Waals surface area contributed by atoms with Gasteiger partial charge < -0.3 is 10.1 Å². The van der Waals surface area contributed by atoms with Crippen molar-refractivity contribution in [2.45, 2.75) is 44.6 Å². The summed E-state index contributed by atoms with van der Waals surface area (Å²) >= 11 is 6.16. The van der Waals surface area contributed by atoms with E-state index in [0.717, 1.165) is 37.6 Å². The highest BCUT2D eigenvalue weighted by Gasteiger charge is 2.35. The maximum atomic E-state index is 6.16. The Morgan fingerprint density at radius 1 is 1.26 bits per heavy atom. The van der Waals surface area contributed by atoms with E-state index in [1.54, 1.807) is 0 Å². The molecule has 1 aromatic rings. The molecular weight excluding hydrogens is 258 g/mol. The molecule has 1 heterocycles. The molecule has 0 unspecified atom stereocenters. The summed E-state index contributed by atoms with van der Waals surface area (Å²) in [7, 11) is 0. The Morgan fingerprint density at radius 3 is 2.53 bits per heavy atom. The molecule has 1 aliphatic rings. The fourth-order valence-corrected chi connectivity index (χ4v) is 2.77. The number of nitrogens with one attached hydrogen (secondary N) is 1. The second-order valence-corrected chi connectivity index (χ2v) is 6.94. The third kappa shape index (κ3) is 3.95. The first-order valence-corrected chi connectivity index (χ1v) is 7.38. The van der Waals surface area contributed by atoms with E-state index < -0.39 is 0 Å². The summed E-state index contributed by atoms with van der Waals surface area (Å²) in [6, 6.07) is 8.29. The van der Waals surface area contributed by atoms with Crippen molar-refractivity contribution < 1.29 is 4.74 Å². The predicted octanol–water partition coefficient (Wildman–Crippen LogP) is 3.78. The lowest BCUT2D eigenvalue weighted by molar-refractivity contribution is 0.0476.